The molecule has 2 aliphatic rings. The highest BCUT2D eigenvalue weighted by Crippen LogP contribution is 2.43. The zero-order valence-electron chi connectivity index (χ0n) is 15.5. The van der Waals surface area contributed by atoms with Crippen LogP contribution in [-0.4, -0.2) is 40.1 Å². The molecule has 1 aromatic heterocycles. The molecule has 1 amide bonds. The van der Waals surface area contributed by atoms with Gasteiger partial charge in [-0.05, 0) is 44.0 Å². The van der Waals surface area contributed by atoms with Crippen LogP contribution in [0.1, 0.15) is 47.9 Å². The van der Waals surface area contributed by atoms with Crippen molar-refractivity contribution in [3.63, 3.8) is 0 Å². The van der Waals surface area contributed by atoms with Gasteiger partial charge in [-0.1, -0.05) is 24.3 Å². The second kappa shape index (κ2) is 6.41. The number of para-hydroxylation sites is 3. The quantitative estimate of drug-likeness (QED) is 0.690. The second-order valence-corrected chi connectivity index (χ2v) is 7.40. The lowest BCUT2D eigenvalue weighted by molar-refractivity contribution is 0.0518. The van der Waals surface area contributed by atoms with Crippen LogP contribution in [0.5, 0.6) is 5.75 Å². The molecule has 2 aromatic carbocycles. The summed E-state index contributed by atoms with van der Waals surface area (Å²) in [6.07, 6.45) is 2.45. The minimum atomic E-state index is 0.0488. The van der Waals surface area contributed by atoms with Crippen molar-refractivity contribution in [2.75, 3.05) is 19.7 Å². The molecule has 5 heteroatoms. The lowest BCUT2D eigenvalue weighted by Crippen LogP contribution is -2.51. The van der Waals surface area contributed by atoms with Gasteiger partial charge in [-0.15, -0.1) is 0 Å². The summed E-state index contributed by atoms with van der Waals surface area (Å²) in [6.45, 7) is 3.93. The van der Waals surface area contributed by atoms with Gasteiger partial charge in [0.05, 0.1) is 29.2 Å². The zero-order chi connectivity index (χ0) is 18.4. The van der Waals surface area contributed by atoms with Crippen molar-refractivity contribution >= 4 is 16.9 Å². The summed E-state index contributed by atoms with van der Waals surface area (Å²) in [4.78, 5) is 19.7. The maximum Gasteiger partial charge on any atom is 0.257 e. The Kier molecular flexibility index (Phi) is 3.88. The number of hydrogen-bond donors (Lipinski definition) is 0. The van der Waals surface area contributed by atoms with Crippen LogP contribution in [0.2, 0.25) is 0 Å². The number of amides is 1. The smallest absolute Gasteiger partial charge is 0.257 e. The SMILES string of the molecule is CCOc1ccccc1C(=O)N1CC(n2c(C3CC3)nc3ccccc32)C1. The van der Waals surface area contributed by atoms with Gasteiger partial charge < -0.3 is 14.2 Å². The van der Waals surface area contributed by atoms with Crippen LogP contribution in [0, 0.1) is 0 Å². The highest BCUT2D eigenvalue weighted by Gasteiger charge is 2.38. The average Bonchev–Trinajstić information content (AvgIpc) is 3.43. The van der Waals surface area contributed by atoms with Crippen molar-refractivity contribution in [2.24, 2.45) is 0 Å². The predicted molar refractivity (Wildman–Crippen MR) is 104 cm³/mol. The van der Waals surface area contributed by atoms with Crippen LogP contribution >= 0.6 is 0 Å². The van der Waals surface area contributed by atoms with Gasteiger partial charge in [0.15, 0.2) is 0 Å². The number of imidazole rings is 1. The standard InChI is InChI=1S/C22H23N3O2/c1-2-27-20-10-6-3-7-17(20)22(26)24-13-16(14-24)25-19-9-5-4-8-18(19)23-21(25)15-11-12-15/h3-10,15-16H,2,11-14H2,1H3. The summed E-state index contributed by atoms with van der Waals surface area (Å²) < 4.78 is 8.01. The summed E-state index contributed by atoms with van der Waals surface area (Å²) in [5.41, 5.74) is 2.90. The normalized spacial score (nSPS) is 17.1. The molecule has 1 saturated carbocycles. The molecule has 5 rings (SSSR count). The molecule has 0 unspecified atom stereocenters. The lowest BCUT2D eigenvalue weighted by atomic mass is 10.0. The van der Waals surface area contributed by atoms with Crippen LogP contribution in [-0.2, 0) is 0 Å². The number of rotatable bonds is 5. The fourth-order valence-corrected chi connectivity index (χ4v) is 3.96. The Morgan fingerprint density at radius 2 is 1.85 bits per heavy atom. The Morgan fingerprint density at radius 1 is 1.11 bits per heavy atom. The number of hydrogen-bond acceptors (Lipinski definition) is 3. The van der Waals surface area contributed by atoms with Crippen LogP contribution in [0.4, 0.5) is 0 Å². The predicted octanol–water partition coefficient (Wildman–Crippen LogP) is 4.01. The highest BCUT2D eigenvalue weighted by molar-refractivity contribution is 5.97. The van der Waals surface area contributed by atoms with Gasteiger partial charge in [0.25, 0.3) is 5.91 Å². The first kappa shape index (κ1) is 16.4. The molecule has 2 heterocycles. The molecule has 3 aromatic rings. The first-order valence-corrected chi connectivity index (χ1v) is 9.74. The van der Waals surface area contributed by atoms with E-state index in [1.807, 2.05) is 42.2 Å². The maximum absolute atomic E-state index is 13.0. The third-order valence-corrected chi connectivity index (χ3v) is 5.50. The molecule has 0 spiro atoms. The molecule has 0 N–H and O–H groups in total. The fourth-order valence-electron chi connectivity index (χ4n) is 3.96. The van der Waals surface area contributed by atoms with Crippen molar-refractivity contribution in [3.8, 4) is 5.75 Å². The molecule has 5 nitrogen and oxygen atoms in total. The summed E-state index contributed by atoms with van der Waals surface area (Å²) in [5.74, 6) is 2.50. The topological polar surface area (TPSA) is 47.4 Å². The van der Waals surface area contributed by atoms with Gasteiger partial charge in [0.2, 0.25) is 0 Å². The third kappa shape index (κ3) is 2.78. The van der Waals surface area contributed by atoms with Crippen molar-refractivity contribution < 1.29 is 9.53 Å². The molecule has 0 bridgehead atoms. The Labute approximate surface area is 158 Å². The maximum atomic E-state index is 13.0. The minimum absolute atomic E-state index is 0.0488. The van der Waals surface area contributed by atoms with E-state index in [0.29, 0.717) is 29.9 Å². The van der Waals surface area contributed by atoms with Gasteiger partial charge in [0, 0.05) is 19.0 Å². The number of benzene rings is 2. The number of nitrogens with zero attached hydrogens (tertiary/aromatic N) is 3. The number of carbonyl (C=O) groups excluding carboxylic acids is 1. The summed E-state index contributed by atoms with van der Waals surface area (Å²) >= 11 is 0. The Balaban J connectivity index is 1.39. The van der Waals surface area contributed by atoms with Crippen molar-refractivity contribution in [3.05, 3.63) is 59.9 Å². The van der Waals surface area contributed by atoms with Crippen molar-refractivity contribution in [1.82, 2.24) is 14.5 Å². The zero-order valence-corrected chi connectivity index (χ0v) is 15.5. The molecule has 138 valence electrons. The van der Waals surface area contributed by atoms with E-state index in [2.05, 4.69) is 22.8 Å². The number of likely N-dealkylation sites (tertiary alicyclic amines) is 1. The van der Waals surface area contributed by atoms with E-state index in [1.165, 1.54) is 24.2 Å². The summed E-state index contributed by atoms with van der Waals surface area (Å²) in [7, 11) is 0. The van der Waals surface area contributed by atoms with E-state index in [0.717, 1.165) is 18.6 Å². The first-order valence-electron chi connectivity index (χ1n) is 9.74. The summed E-state index contributed by atoms with van der Waals surface area (Å²) in [5, 5.41) is 0. The minimum Gasteiger partial charge on any atom is -0.493 e. The van der Waals surface area contributed by atoms with Gasteiger partial charge in [0.1, 0.15) is 11.6 Å². The largest absolute Gasteiger partial charge is 0.493 e. The van der Waals surface area contributed by atoms with E-state index in [-0.39, 0.29) is 5.91 Å². The number of fused-ring (bicyclic) bond motifs is 1. The van der Waals surface area contributed by atoms with E-state index < -0.39 is 0 Å². The van der Waals surface area contributed by atoms with Gasteiger partial charge in [-0.3, -0.25) is 4.79 Å². The molecule has 0 atom stereocenters. The van der Waals surface area contributed by atoms with E-state index in [1.54, 1.807) is 0 Å². The number of carbonyl (C=O) groups is 1. The summed E-state index contributed by atoms with van der Waals surface area (Å²) in [6, 6.07) is 16.1. The Bertz CT molecular complexity index is 1000. The molecule has 2 fully saturated rings. The number of aromatic nitrogens is 2. The molecule has 1 aliphatic carbocycles. The van der Waals surface area contributed by atoms with Gasteiger partial charge in [-0.2, -0.15) is 0 Å². The van der Waals surface area contributed by atoms with Gasteiger partial charge in [-0.25, -0.2) is 4.98 Å². The second-order valence-electron chi connectivity index (χ2n) is 7.40. The Morgan fingerprint density at radius 3 is 2.63 bits per heavy atom. The lowest BCUT2D eigenvalue weighted by Gasteiger charge is -2.41. The van der Waals surface area contributed by atoms with E-state index in [9.17, 15) is 4.79 Å². The first-order chi connectivity index (χ1) is 13.3. The van der Waals surface area contributed by atoms with Crippen LogP contribution in [0.15, 0.2) is 48.5 Å². The third-order valence-electron chi connectivity index (χ3n) is 5.50. The van der Waals surface area contributed by atoms with E-state index >= 15 is 0 Å². The molecule has 1 saturated heterocycles. The molecule has 1 aliphatic heterocycles. The van der Waals surface area contributed by atoms with E-state index in [4.69, 9.17) is 9.72 Å². The van der Waals surface area contributed by atoms with Crippen molar-refractivity contribution in [1.29, 1.82) is 0 Å². The molecule has 0 radical (unpaired) electrons. The van der Waals surface area contributed by atoms with Crippen LogP contribution < -0.4 is 4.74 Å². The average molecular weight is 361 g/mol. The van der Waals surface area contributed by atoms with Crippen LogP contribution in [0.25, 0.3) is 11.0 Å². The van der Waals surface area contributed by atoms with Gasteiger partial charge >= 0.3 is 0 Å². The molecular weight excluding hydrogens is 338 g/mol. The highest BCUT2D eigenvalue weighted by atomic mass is 16.5. The Hall–Kier alpha value is -2.82. The van der Waals surface area contributed by atoms with Crippen molar-refractivity contribution in [2.45, 2.75) is 31.7 Å². The monoisotopic (exact) mass is 361 g/mol. The fraction of sp³-hybridized carbons (Fsp3) is 0.364. The molecule has 27 heavy (non-hydrogen) atoms. The molecular formula is C22H23N3O2. The number of ether oxygens (including phenoxy) is 1. The van der Waals surface area contributed by atoms with Crippen LogP contribution in [0.3, 0.4) is 0 Å².